The smallest absolute Gasteiger partial charge is 0.265 e. The van der Waals surface area contributed by atoms with E-state index in [1.165, 1.54) is 11.3 Å². The molecule has 0 unspecified atom stereocenters. The Morgan fingerprint density at radius 3 is 2.81 bits per heavy atom. The highest BCUT2D eigenvalue weighted by Gasteiger charge is 2.12. The first-order valence-electron chi connectivity index (χ1n) is 6.41. The van der Waals surface area contributed by atoms with E-state index in [0.29, 0.717) is 10.6 Å². The largest absolute Gasteiger partial charge is 0.399 e. The third kappa shape index (κ3) is 2.89. The van der Waals surface area contributed by atoms with Crippen LogP contribution >= 0.6 is 23.1 Å². The van der Waals surface area contributed by atoms with Crippen molar-refractivity contribution in [2.24, 2.45) is 0 Å². The van der Waals surface area contributed by atoms with Crippen molar-refractivity contribution in [3.63, 3.8) is 0 Å². The molecule has 0 aliphatic carbocycles. The van der Waals surface area contributed by atoms with Gasteiger partial charge in [0.2, 0.25) is 0 Å². The van der Waals surface area contributed by atoms with Gasteiger partial charge in [0, 0.05) is 15.3 Å². The second kappa shape index (κ2) is 5.79. The van der Waals surface area contributed by atoms with Crippen molar-refractivity contribution < 1.29 is 4.79 Å². The first-order valence-corrected chi connectivity index (χ1v) is 8.45. The number of nitrogens with one attached hydrogen (secondary N) is 1. The van der Waals surface area contributed by atoms with E-state index in [2.05, 4.69) is 5.32 Å². The van der Waals surface area contributed by atoms with Crippen LogP contribution in [0.1, 0.15) is 9.67 Å². The predicted molar refractivity (Wildman–Crippen MR) is 92.4 cm³/mol. The van der Waals surface area contributed by atoms with Crippen LogP contribution in [0, 0.1) is 0 Å². The van der Waals surface area contributed by atoms with Gasteiger partial charge in [0.1, 0.15) is 0 Å². The van der Waals surface area contributed by atoms with Gasteiger partial charge in [-0.3, -0.25) is 4.79 Å². The molecule has 3 N–H and O–H groups in total. The van der Waals surface area contributed by atoms with Crippen LogP contribution in [0.2, 0.25) is 0 Å². The molecule has 0 radical (unpaired) electrons. The Morgan fingerprint density at radius 1 is 1.19 bits per heavy atom. The Morgan fingerprint density at radius 2 is 2.00 bits per heavy atom. The predicted octanol–water partition coefficient (Wildman–Crippen LogP) is 4.46. The Kier molecular flexibility index (Phi) is 3.86. The van der Waals surface area contributed by atoms with E-state index in [0.717, 1.165) is 20.7 Å². The fourth-order valence-corrected chi connectivity index (χ4v) is 3.60. The fourth-order valence-electron chi connectivity index (χ4n) is 2.11. The van der Waals surface area contributed by atoms with Gasteiger partial charge in [-0.1, -0.05) is 12.1 Å². The number of anilines is 2. The molecule has 0 aliphatic rings. The van der Waals surface area contributed by atoms with Crippen LogP contribution in [-0.4, -0.2) is 12.2 Å². The minimum Gasteiger partial charge on any atom is -0.399 e. The average molecular weight is 314 g/mol. The molecular weight excluding hydrogens is 300 g/mol. The molecule has 0 spiro atoms. The number of carbonyl (C=O) groups is 1. The molecule has 0 saturated carbocycles. The number of hydrogen-bond acceptors (Lipinski definition) is 4. The third-order valence-corrected chi connectivity index (χ3v) is 5.03. The van der Waals surface area contributed by atoms with Gasteiger partial charge in [0.25, 0.3) is 5.91 Å². The van der Waals surface area contributed by atoms with Gasteiger partial charge >= 0.3 is 0 Å². The van der Waals surface area contributed by atoms with E-state index in [-0.39, 0.29) is 5.91 Å². The van der Waals surface area contributed by atoms with Crippen molar-refractivity contribution in [1.29, 1.82) is 0 Å². The number of carbonyl (C=O) groups excluding carboxylic acids is 1. The summed E-state index contributed by atoms with van der Waals surface area (Å²) in [5.41, 5.74) is 7.32. The Labute approximate surface area is 131 Å². The van der Waals surface area contributed by atoms with Crippen LogP contribution in [-0.2, 0) is 0 Å². The number of thiophene rings is 1. The monoisotopic (exact) mass is 314 g/mol. The number of nitrogens with two attached hydrogens (primary N) is 1. The number of amides is 1. The molecule has 3 aromatic rings. The van der Waals surface area contributed by atoms with Gasteiger partial charge in [-0.15, -0.1) is 23.1 Å². The Bertz CT molecular complexity index is 811. The Hall–Kier alpha value is -1.98. The maximum absolute atomic E-state index is 12.4. The summed E-state index contributed by atoms with van der Waals surface area (Å²) in [5.74, 6) is -0.0868. The van der Waals surface area contributed by atoms with E-state index in [1.54, 1.807) is 11.8 Å². The van der Waals surface area contributed by atoms with Crippen LogP contribution in [0.3, 0.4) is 0 Å². The molecule has 0 aliphatic heterocycles. The van der Waals surface area contributed by atoms with Gasteiger partial charge in [-0.05, 0) is 48.0 Å². The van der Waals surface area contributed by atoms with E-state index in [1.807, 2.05) is 54.8 Å². The zero-order valence-corrected chi connectivity index (χ0v) is 13.1. The molecule has 1 amide bonds. The minimum atomic E-state index is -0.0868. The van der Waals surface area contributed by atoms with Crippen LogP contribution in [0.4, 0.5) is 11.4 Å². The van der Waals surface area contributed by atoms with Gasteiger partial charge in [-0.25, -0.2) is 0 Å². The summed E-state index contributed by atoms with van der Waals surface area (Å²) in [6.45, 7) is 0. The lowest BCUT2D eigenvalue weighted by atomic mass is 10.2. The highest BCUT2D eigenvalue weighted by Crippen LogP contribution is 2.29. The van der Waals surface area contributed by atoms with E-state index < -0.39 is 0 Å². The van der Waals surface area contributed by atoms with Crippen LogP contribution in [0.5, 0.6) is 0 Å². The van der Waals surface area contributed by atoms with Crippen molar-refractivity contribution in [3.05, 3.63) is 53.4 Å². The molecule has 0 atom stereocenters. The number of thioether (sulfide) groups is 1. The van der Waals surface area contributed by atoms with Crippen molar-refractivity contribution in [2.45, 2.75) is 4.90 Å². The maximum Gasteiger partial charge on any atom is 0.265 e. The maximum atomic E-state index is 12.4. The molecule has 3 rings (SSSR count). The summed E-state index contributed by atoms with van der Waals surface area (Å²) in [6.07, 6.45) is 1.99. The third-order valence-electron chi connectivity index (χ3n) is 3.12. The first kappa shape index (κ1) is 14.0. The summed E-state index contributed by atoms with van der Waals surface area (Å²) < 4.78 is 1.06. The number of rotatable bonds is 3. The van der Waals surface area contributed by atoms with E-state index >= 15 is 0 Å². The summed E-state index contributed by atoms with van der Waals surface area (Å²) in [7, 11) is 0. The zero-order valence-electron chi connectivity index (χ0n) is 11.4. The first-order chi connectivity index (χ1) is 10.2. The molecule has 3 nitrogen and oxygen atoms in total. The number of benzene rings is 2. The molecule has 21 heavy (non-hydrogen) atoms. The van der Waals surface area contributed by atoms with E-state index in [9.17, 15) is 4.79 Å². The summed E-state index contributed by atoms with van der Waals surface area (Å²) in [5, 5.41) is 3.98. The molecule has 1 heterocycles. The summed E-state index contributed by atoms with van der Waals surface area (Å²) in [4.78, 5) is 14.1. The molecular formula is C16H14N2OS2. The number of para-hydroxylation sites is 1. The second-order valence-electron chi connectivity index (χ2n) is 4.56. The normalized spacial score (nSPS) is 10.7. The molecule has 5 heteroatoms. The molecule has 106 valence electrons. The van der Waals surface area contributed by atoms with Crippen LogP contribution in [0.15, 0.2) is 53.4 Å². The quantitative estimate of drug-likeness (QED) is 0.554. The zero-order chi connectivity index (χ0) is 14.8. The molecule has 1 aromatic heterocycles. The average Bonchev–Trinajstić information content (AvgIpc) is 2.91. The molecule has 0 bridgehead atoms. The fraction of sp³-hybridized carbons (Fsp3) is 0.0625. The molecule has 0 saturated heterocycles. The summed E-state index contributed by atoms with van der Waals surface area (Å²) in [6, 6.07) is 15.4. The van der Waals surface area contributed by atoms with Crippen molar-refractivity contribution >= 4 is 50.5 Å². The standard InChI is InChI=1S/C16H14N2OS2/c1-20-14-5-3-2-4-12(14)18-16(19)15-9-10-8-11(17)6-7-13(10)21-15/h2-9H,17H2,1H3,(H,18,19). The SMILES string of the molecule is CSc1ccccc1NC(=O)c1cc2cc(N)ccc2s1. The van der Waals surface area contributed by atoms with Crippen LogP contribution < -0.4 is 11.1 Å². The van der Waals surface area contributed by atoms with Gasteiger partial charge in [0.05, 0.1) is 10.6 Å². The topological polar surface area (TPSA) is 55.1 Å². The van der Waals surface area contributed by atoms with Crippen molar-refractivity contribution in [2.75, 3.05) is 17.3 Å². The lowest BCUT2D eigenvalue weighted by molar-refractivity contribution is 0.103. The molecule has 2 aromatic carbocycles. The number of fused-ring (bicyclic) bond motifs is 1. The highest BCUT2D eigenvalue weighted by molar-refractivity contribution is 7.98. The highest BCUT2D eigenvalue weighted by atomic mass is 32.2. The Balaban J connectivity index is 1.90. The van der Waals surface area contributed by atoms with Crippen LogP contribution in [0.25, 0.3) is 10.1 Å². The van der Waals surface area contributed by atoms with E-state index in [4.69, 9.17) is 5.73 Å². The number of hydrogen-bond donors (Lipinski definition) is 2. The van der Waals surface area contributed by atoms with Gasteiger partial charge < -0.3 is 11.1 Å². The minimum absolute atomic E-state index is 0.0868. The van der Waals surface area contributed by atoms with Crippen molar-refractivity contribution in [3.8, 4) is 0 Å². The summed E-state index contributed by atoms with van der Waals surface area (Å²) >= 11 is 3.08. The van der Waals surface area contributed by atoms with Gasteiger partial charge in [0.15, 0.2) is 0 Å². The second-order valence-corrected chi connectivity index (χ2v) is 6.49. The van der Waals surface area contributed by atoms with Gasteiger partial charge in [-0.2, -0.15) is 0 Å². The lowest BCUT2D eigenvalue weighted by Crippen LogP contribution is -2.10. The lowest BCUT2D eigenvalue weighted by Gasteiger charge is -2.07. The molecule has 0 fully saturated rings. The van der Waals surface area contributed by atoms with Crippen molar-refractivity contribution in [1.82, 2.24) is 0 Å². The number of nitrogen functional groups attached to an aromatic ring is 1.